The number of nitrogens with zero attached hydrogens (tertiary/aromatic N) is 4. The topological polar surface area (TPSA) is 139 Å². The van der Waals surface area contributed by atoms with Crippen LogP contribution in [0.25, 0.3) is 11.2 Å². The summed E-state index contributed by atoms with van der Waals surface area (Å²) in [6.45, 7) is 2.73. The number of aliphatic hydroxyl groups excluding tert-OH is 2. The van der Waals surface area contributed by atoms with Crippen molar-refractivity contribution in [3.63, 3.8) is 0 Å². The molecule has 0 unspecified atom stereocenters. The van der Waals surface area contributed by atoms with Crippen LogP contribution in [-0.2, 0) is 16.0 Å². The first-order chi connectivity index (χ1) is 14.1. The van der Waals surface area contributed by atoms with Gasteiger partial charge in [0.25, 0.3) is 0 Å². The molecular weight excluding hydrogens is 378 g/mol. The van der Waals surface area contributed by atoms with Crippen molar-refractivity contribution in [2.24, 2.45) is 0 Å². The molecule has 0 amide bonds. The van der Waals surface area contributed by atoms with E-state index in [2.05, 4.69) is 30.9 Å². The molecule has 2 aromatic heterocycles. The van der Waals surface area contributed by atoms with Crippen molar-refractivity contribution in [1.29, 1.82) is 0 Å². The van der Waals surface area contributed by atoms with E-state index in [4.69, 9.17) is 9.47 Å². The van der Waals surface area contributed by atoms with Gasteiger partial charge in [0.1, 0.15) is 24.1 Å². The molecule has 0 bridgehead atoms. The van der Waals surface area contributed by atoms with Crippen LogP contribution in [0.15, 0.2) is 6.33 Å². The molecule has 0 saturated carbocycles. The van der Waals surface area contributed by atoms with Crippen LogP contribution >= 0.6 is 0 Å². The number of methoxy groups -OCH3 is 1. The summed E-state index contributed by atoms with van der Waals surface area (Å²) in [6, 6.07) is 0.434. The normalized spacial score (nSPS) is 28.3. The number of hydrogen-bond acceptors (Lipinski definition) is 10. The third-order valence-corrected chi connectivity index (χ3v) is 5.53. The minimum atomic E-state index is -1.11. The summed E-state index contributed by atoms with van der Waals surface area (Å²) >= 11 is 0. The Morgan fingerprint density at radius 3 is 2.79 bits per heavy atom. The van der Waals surface area contributed by atoms with Gasteiger partial charge in [0, 0.05) is 20.2 Å². The van der Waals surface area contributed by atoms with Gasteiger partial charge >= 0.3 is 0 Å². The molecule has 0 spiro atoms. The average molecular weight is 407 g/mol. The van der Waals surface area contributed by atoms with Gasteiger partial charge in [-0.2, -0.15) is 0 Å². The summed E-state index contributed by atoms with van der Waals surface area (Å²) in [7, 11) is 3.31. The zero-order chi connectivity index (χ0) is 20.4. The molecule has 29 heavy (non-hydrogen) atoms. The Bertz CT molecular complexity index is 826. The van der Waals surface area contributed by atoms with E-state index in [1.165, 1.54) is 7.11 Å². The highest BCUT2D eigenvalue weighted by Gasteiger charge is 2.44. The zero-order valence-electron chi connectivity index (χ0n) is 16.7. The Labute approximate surface area is 168 Å². The van der Waals surface area contributed by atoms with Gasteiger partial charge in [-0.15, -0.1) is 0 Å². The van der Waals surface area contributed by atoms with Crippen molar-refractivity contribution in [2.75, 3.05) is 39.2 Å². The summed E-state index contributed by atoms with van der Waals surface area (Å²) in [4.78, 5) is 13.6. The van der Waals surface area contributed by atoms with Crippen LogP contribution in [0.4, 0.5) is 5.82 Å². The Morgan fingerprint density at radius 2 is 2.07 bits per heavy atom. The highest BCUT2D eigenvalue weighted by atomic mass is 16.6. The van der Waals surface area contributed by atoms with Gasteiger partial charge in [0.15, 0.2) is 23.2 Å². The van der Waals surface area contributed by atoms with Gasteiger partial charge in [0.2, 0.25) is 0 Å². The molecule has 0 aromatic carbocycles. The number of piperidine rings is 1. The zero-order valence-corrected chi connectivity index (χ0v) is 16.7. The number of aliphatic hydroxyl groups is 2. The largest absolute Gasteiger partial charge is 0.387 e. The van der Waals surface area contributed by atoms with E-state index >= 15 is 0 Å². The summed E-state index contributed by atoms with van der Waals surface area (Å²) in [5.74, 6) is 1.24. The first kappa shape index (κ1) is 20.4. The van der Waals surface area contributed by atoms with E-state index in [0.29, 0.717) is 35.4 Å². The minimum Gasteiger partial charge on any atom is -0.387 e. The van der Waals surface area contributed by atoms with Crippen LogP contribution in [0, 0.1) is 0 Å². The molecule has 2 aliphatic heterocycles. The van der Waals surface area contributed by atoms with Gasteiger partial charge in [-0.1, -0.05) is 0 Å². The fourth-order valence-electron chi connectivity index (χ4n) is 3.92. The molecule has 4 rings (SSSR count). The van der Waals surface area contributed by atoms with E-state index in [1.54, 1.807) is 17.9 Å². The highest BCUT2D eigenvalue weighted by molar-refractivity contribution is 5.83. The lowest BCUT2D eigenvalue weighted by Gasteiger charge is -2.23. The van der Waals surface area contributed by atoms with Crippen LogP contribution in [0.3, 0.4) is 0 Å². The van der Waals surface area contributed by atoms with Crippen molar-refractivity contribution in [3.05, 3.63) is 12.2 Å². The van der Waals surface area contributed by atoms with Crippen LogP contribution in [-0.4, -0.2) is 87.9 Å². The molecule has 4 atom stereocenters. The van der Waals surface area contributed by atoms with Crippen LogP contribution in [0.5, 0.6) is 0 Å². The second-order valence-electron chi connectivity index (χ2n) is 7.47. The Morgan fingerprint density at radius 1 is 1.28 bits per heavy atom. The third kappa shape index (κ3) is 4.06. The van der Waals surface area contributed by atoms with Gasteiger partial charge in [-0.25, -0.2) is 15.0 Å². The predicted octanol–water partition coefficient (Wildman–Crippen LogP) is -1.02. The number of imidazole rings is 1. The summed E-state index contributed by atoms with van der Waals surface area (Å²) in [5.41, 5.74) is 1.12. The third-order valence-electron chi connectivity index (χ3n) is 5.53. The molecular formula is C18H29N7O4. The molecule has 2 aliphatic rings. The molecule has 0 radical (unpaired) electrons. The number of ether oxygens (including phenoxy) is 2. The number of anilines is 1. The minimum absolute atomic E-state index is 0.184. The molecule has 2 aromatic rings. The van der Waals surface area contributed by atoms with Crippen molar-refractivity contribution in [2.45, 2.75) is 50.0 Å². The maximum absolute atomic E-state index is 10.5. The predicted molar refractivity (Wildman–Crippen MR) is 105 cm³/mol. The summed E-state index contributed by atoms with van der Waals surface area (Å²) < 4.78 is 12.6. The Hall–Kier alpha value is -1.89. The number of hydrogen-bond donors (Lipinski definition) is 5. The lowest BCUT2D eigenvalue weighted by Crippen LogP contribution is -2.39. The maximum atomic E-state index is 10.5. The molecule has 0 aliphatic carbocycles. The molecule has 5 N–H and O–H groups in total. The van der Waals surface area contributed by atoms with E-state index < -0.39 is 24.5 Å². The summed E-state index contributed by atoms with van der Waals surface area (Å²) in [5, 5.41) is 30.7. The van der Waals surface area contributed by atoms with E-state index in [1.807, 2.05) is 0 Å². The lowest BCUT2D eigenvalue weighted by molar-refractivity contribution is -0.0580. The standard InChI is InChI=1S/C18H29N7O4/c1-19-16-13-17(24-12(23-16)7-21-10-3-5-20-6-4-10)25(9-22-13)18-15(27)14(26)11(29-18)8-28-2/h9-11,14-15,18,20-21,26-27H,3-8H2,1-2H3,(H,19,23,24)/t11-,14-,15-,18-/m1/s1. The number of rotatable bonds is 7. The van der Waals surface area contributed by atoms with Crippen LogP contribution < -0.4 is 16.0 Å². The van der Waals surface area contributed by atoms with Gasteiger partial charge in [-0.3, -0.25) is 4.57 Å². The molecule has 11 heteroatoms. The second-order valence-corrected chi connectivity index (χ2v) is 7.47. The van der Waals surface area contributed by atoms with Crippen molar-refractivity contribution in [3.8, 4) is 0 Å². The van der Waals surface area contributed by atoms with E-state index in [-0.39, 0.29) is 6.61 Å². The number of aromatic nitrogens is 4. The molecule has 4 heterocycles. The quantitative estimate of drug-likeness (QED) is 0.387. The average Bonchev–Trinajstić information content (AvgIpc) is 3.29. The molecule has 2 saturated heterocycles. The SMILES string of the molecule is CNc1nc(CNC2CCNCC2)nc2c1ncn2[C@@H]1O[C@H](COC)[C@@H](O)[C@H]1O. The molecule has 11 nitrogen and oxygen atoms in total. The highest BCUT2D eigenvalue weighted by Crippen LogP contribution is 2.32. The fourth-order valence-corrected chi connectivity index (χ4v) is 3.92. The fraction of sp³-hybridized carbons (Fsp3) is 0.722. The maximum Gasteiger partial charge on any atom is 0.168 e. The van der Waals surface area contributed by atoms with E-state index in [9.17, 15) is 10.2 Å². The summed E-state index contributed by atoms with van der Waals surface area (Å²) in [6.07, 6.45) is 0.102. The number of nitrogens with one attached hydrogen (secondary N) is 3. The first-order valence-corrected chi connectivity index (χ1v) is 9.98. The molecule has 160 valence electrons. The van der Waals surface area contributed by atoms with Gasteiger partial charge < -0.3 is 35.6 Å². The lowest BCUT2D eigenvalue weighted by atomic mass is 10.1. The van der Waals surface area contributed by atoms with Crippen molar-refractivity contribution in [1.82, 2.24) is 30.2 Å². The van der Waals surface area contributed by atoms with Crippen molar-refractivity contribution < 1.29 is 19.7 Å². The second kappa shape index (κ2) is 8.86. The van der Waals surface area contributed by atoms with Gasteiger partial charge in [-0.05, 0) is 25.9 Å². The van der Waals surface area contributed by atoms with Crippen LogP contribution in [0.1, 0.15) is 24.9 Å². The monoisotopic (exact) mass is 407 g/mol. The van der Waals surface area contributed by atoms with Crippen molar-refractivity contribution >= 4 is 17.0 Å². The Balaban J connectivity index is 1.60. The Kier molecular flexibility index (Phi) is 6.23. The molecule has 2 fully saturated rings. The van der Waals surface area contributed by atoms with Gasteiger partial charge in [0.05, 0.1) is 19.5 Å². The van der Waals surface area contributed by atoms with E-state index in [0.717, 1.165) is 25.9 Å². The smallest absolute Gasteiger partial charge is 0.168 e. The number of fused-ring (bicyclic) bond motifs is 1. The first-order valence-electron chi connectivity index (χ1n) is 9.98. The van der Waals surface area contributed by atoms with Crippen LogP contribution in [0.2, 0.25) is 0 Å².